The van der Waals surface area contributed by atoms with Crippen LogP contribution in [0.5, 0.6) is 0 Å². The molecule has 0 saturated heterocycles. The summed E-state index contributed by atoms with van der Waals surface area (Å²) < 4.78 is 17.7. The predicted molar refractivity (Wildman–Crippen MR) is 70.0 cm³/mol. The Morgan fingerprint density at radius 1 is 1.28 bits per heavy atom. The number of methoxy groups -OCH3 is 1. The summed E-state index contributed by atoms with van der Waals surface area (Å²) in [6.45, 7) is 2.51. The van der Waals surface area contributed by atoms with Gasteiger partial charge in [-0.2, -0.15) is 0 Å². The Bertz CT molecular complexity index is 329. The zero-order valence-electron chi connectivity index (χ0n) is 11.1. The van der Waals surface area contributed by atoms with Crippen LogP contribution < -0.4 is 0 Å². The predicted octanol–water partition coefficient (Wildman–Crippen LogP) is 2.22. The molecule has 0 amide bonds. The molecule has 1 unspecified atom stereocenters. The van der Waals surface area contributed by atoms with E-state index in [1.165, 1.54) is 12.1 Å². The Morgan fingerprint density at radius 2 is 1.94 bits per heavy atom. The topological polar surface area (TPSA) is 32.7 Å². The molecular weight excluding hydrogens is 233 g/mol. The van der Waals surface area contributed by atoms with Crippen LogP contribution in [0.15, 0.2) is 24.3 Å². The van der Waals surface area contributed by atoms with Crippen molar-refractivity contribution in [1.82, 2.24) is 4.90 Å². The molecule has 1 N–H and O–H groups in total. The van der Waals surface area contributed by atoms with Crippen molar-refractivity contribution in [3.63, 3.8) is 0 Å². The Kier molecular flexibility index (Phi) is 6.86. The average molecular weight is 255 g/mol. The van der Waals surface area contributed by atoms with E-state index in [1.54, 1.807) is 19.2 Å². The van der Waals surface area contributed by atoms with Crippen LogP contribution in [0.25, 0.3) is 0 Å². The van der Waals surface area contributed by atoms with E-state index in [0.717, 1.165) is 31.7 Å². The molecule has 1 aromatic carbocycles. The van der Waals surface area contributed by atoms with Crippen LogP contribution in [0.1, 0.15) is 24.5 Å². The highest BCUT2D eigenvalue weighted by Crippen LogP contribution is 2.17. The third-order valence-electron chi connectivity index (χ3n) is 2.93. The average Bonchev–Trinajstić information content (AvgIpc) is 2.37. The van der Waals surface area contributed by atoms with Gasteiger partial charge in [-0.25, -0.2) is 4.39 Å². The number of halogens is 1. The van der Waals surface area contributed by atoms with Crippen molar-refractivity contribution in [3.05, 3.63) is 35.6 Å². The summed E-state index contributed by atoms with van der Waals surface area (Å²) in [6.07, 6.45) is 1.10. The SMILES string of the molecule is COCCCN(C)CCC(O)c1ccc(F)cc1. The molecule has 0 saturated carbocycles. The third kappa shape index (κ3) is 5.58. The van der Waals surface area contributed by atoms with Gasteiger partial charge in [0, 0.05) is 26.8 Å². The Labute approximate surface area is 108 Å². The maximum Gasteiger partial charge on any atom is 0.123 e. The number of aliphatic hydroxyl groups is 1. The number of aliphatic hydroxyl groups excluding tert-OH is 1. The number of ether oxygens (including phenoxy) is 1. The largest absolute Gasteiger partial charge is 0.388 e. The lowest BCUT2D eigenvalue weighted by atomic mass is 10.1. The van der Waals surface area contributed by atoms with E-state index < -0.39 is 6.10 Å². The maximum atomic E-state index is 12.7. The number of hydrogen-bond donors (Lipinski definition) is 1. The van der Waals surface area contributed by atoms with E-state index in [2.05, 4.69) is 4.90 Å². The van der Waals surface area contributed by atoms with Crippen molar-refractivity contribution >= 4 is 0 Å². The molecule has 0 fully saturated rings. The van der Waals surface area contributed by atoms with Crippen molar-refractivity contribution in [2.45, 2.75) is 18.9 Å². The Morgan fingerprint density at radius 3 is 2.56 bits per heavy atom. The van der Waals surface area contributed by atoms with Gasteiger partial charge >= 0.3 is 0 Å². The highest BCUT2D eigenvalue weighted by Gasteiger charge is 2.08. The van der Waals surface area contributed by atoms with Gasteiger partial charge in [-0.15, -0.1) is 0 Å². The fourth-order valence-corrected chi connectivity index (χ4v) is 1.78. The molecule has 102 valence electrons. The van der Waals surface area contributed by atoms with Crippen molar-refractivity contribution < 1.29 is 14.2 Å². The highest BCUT2D eigenvalue weighted by molar-refractivity contribution is 5.18. The number of rotatable bonds is 8. The molecular formula is C14H22FNO2. The second-order valence-electron chi connectivity index (χ2n) is 4.51. The first kappa shape index (κ1) is 15.1. The second-order valence-corrected chi connectivity index (χ2v) is 4.51. The van der Waals surface area contributed by atoms with Gasteiger partial charge in [0.05, 0.1) is 6.10 Å². The summed E-state index contributed by atoms with van der Waals surface area (Å²) in [5, 5.41) is 9.96. The molecule has 1 aromatic rings. The van der Waals surface area contributed by atoms with Gasteiger partial charge in [0.15, 0.2) is 0 Å². The van der Waals surface area contributed by atoms with Crippen LogP contribution in [-0.4, -0.2) is 43.9 Å². The Hall–Kier alpha value is -0.970. The van der Waals surface area contributed by atoms with Crippen molar-refractivity contribution in [3.8, 4) is 0 Å². The lowest BCUT2D eigenvalue weighted by Crippen LogP contribution is -2.23. The number of hydrogen-bond acceptors (Lipinski definition) is 3. The van der Waals surface area contributed by atoms with Crippen molar-refractivity contribution in [2.75, 3.05) is 33.9 Å². The van der Waals surface area contributed by atoms with Gasteiger partial charge in [0.2, 0.25) is 0 Å². The van der Waals surface area contributed by atoms with Gasteiger partial charge in [-0.1, -0.05) is 12.1 Å². The summed E-state index contributed by atoms with van der Waals surface area (Å²) in [5.41, 5.74) is 0.765. The van der Waals surface area contributed by atoms with E-state index in [1.807, 2.05) is 7.05 Å². The molecule has 1 rings (SSSR count). The fraction of sp³-hybridized carbons (Fsp3) is 0.571. The van der Waals surface area contributed by atoms with E-state index in [0.29, 0.717) is 6.42 Å². The molecule has 0 aliphatic heterocycles. The van der Waals surface area contributed by atoms with Crippen molar-refractivity contribution in [2.24, 2.45) is 0 Å². The summed E-state index contributed by atoms with van der Waals surface area (Å²) in [7, 11) is 3.71. The monoisotopic (exact) mass is 255 g/mol. The molecule has 0 heterocycles. The van der Waals surface area contributed by atoms with Gasteiger partial charge in [-0.3, -0.25) is 0 Å². The van der Waals surface area contributed by atoms with Crippen LogP contribution in [0.2, 0.25) is 0 Å². The van der Waals surface area contributed by atoms with Gasteiger partial charge < -0.3 is 14.7 Å². The number of nitrogens with zero attached hydrogens (tertiary/aromatic N) is 1. The highest BCUT2D eigenvalue weighted by atomic mass is 19.1. The van der Waals surface area contributed by atoms with Crippen LogP contribution in [0.4, 0.5) is 4.39 Å². The van der Waals surface area contributed by atoms with Gasteiger partial charge in [0.1, 0.15) is 5.82 Å². The molecule has 0 spiro atoms. The van der Waals surface area contributed by atoms with E-state index in [9.17, 15) is 9.50 Å². The molecule has 0 aliphatic carbocycles. The molecule has 4 heteroatoms. The quantitative estimate of drug-likeness (QED) is 0.723. The summed E-state index contributed by atoms with van der Waals surface area (Å²) >= 11 is 0. The molecule has 3 nitrogen and oxygen atoms in total. The van der Waals surface area contributed by atoms with Crippen molar-refractivity contribution in [1.29, 1.82) is 0 Å². The first-order chi connectivity index (χ1) is 8.63. The molecule has 0 bridgehead atoms. The van der Waals surface area contributed by atoms with E-state index >= 15 is 0 Å². The molecule has 18 heavy (non-hydrogen) atoms. The standard InChI is InChI=1S/C14H22FNO2/c1-16(9-3-11-18-2)10-8-14(17)12-4-6-13(15)7-5-12/h4-7,14,17H,3,8-11H2,1-2H3. The third-order valence-corrected chi connectivity index (χ3v) is 2.93. The maximum absolute atomic E-state index is 12.7. The molecule has 0 aromatic heterocycles. The molecule has 1 atom stereocenters. The zero-order chi connectivity index (χ0) is 13.4. The smallest absolute Gasteiger partial charge is 0.123 e. The zero-order valence-corrected chi connectivity index (χ0v) is 11.1. The summed E-state index contributed by atoms with van der Waals surface area (Å²) in [4.78, 5) is 2.16. The second kappa shape index (κ2) is 8.19. The van der Waals surface area contributed by atoms with Crippen LogP contribution in [0, 0.1) is 5.82 Å². The van der Waals surface area contributed by atoms with Crippen LogP contribution in [-0.2, 0) is 4.74 Å². The minimum atomic E-state index is -0.532. The van der Waals surface area contributed by atoms with Gasteiger partial charge in [-0.05, 0) is 37.6 Å². The fourth-order valence-electron chi connectivity index (χ4n) is 1.78. The van der Waals surface area contributed by atoms with Gasteiger partial charge in [0.25, 0.3) is 0 Å². The number of benzene rings is 1. The molecule has 0 radical (unpaired) electrons. The minimum absolute atomic E-state index is 0.275. The normalized spacial score (nSPS) is 12.9. The first-order valence-electron chi connectivity index (χ1n) is 6.24. The molecule has 0 aliphatic rings. The van der Waals surface area contributed by atoms with E-state index in [4.69, 9.17) is 4.74 Å². The van der Waals surface area contributed by atoms with Crippen LogP contribution >= 0.6 is 0 Å². The van der Waals surface area contributed by atoms with Crippen LogP contribution in [0.3, 0.4) is 0 Å². The van der Waals surface area contributed by atoms with E-state index in [-0.39, 0.29) is 5.82 Å². The minimum Gasteiger partial charge on any atom is -0.388 e. The summed E-state index contributed by atoms with van der Waals surface area (Å²) in [6, 6.07) is 6.01. The lowest BCUT2D eigenvalue weighted by Gasteiger charge is -2.18. The summed E-state index contributed by atoms with van der Waals surface area (Å²) in [5.74, 6) is -0.275. The Balaban J connectivity index is 2.27. The lowest BCUT2D eigenvalue weighted by molar-refractivity contribution is 0.141. The first-order valence-corrected chi connectivity index (χ1v) is 6.24.